The Balaban J connectivity index is 1.23. The van der Waals surface area contributed by atoms with E-state index in [0.717, 1.165) is 0 Å². The smallest absolute Gasteiger partial charge is 0.291 e. The van der Waals surface area contributed by atoms with Gasteiger partial charge in [0.15, 0.2) is 11.5 Å². The molecule has 0 radical (unpaired) electrons. The first-order valence-electron chi connectivity index (χ1n) is 12.0. The van der Waals surface area contributed by atoms with Gasteiger partial charge in [0.1, 0.15) is 24.5 Å². The van der Waals surface area contributed by atoms with Crippen LogP contribution in [0.4, 0.5) is 11.4 Å². The van der Waals surface area contributed by atoms with Crippen molar-refractivity contribution in [2.24, 2.45) is 5.92 Å². The molecule has 1 N–H and O–H groups in total. The summed E-state index contributed by atoms with van der Waals surface area (Å²) in [5.74, 6) is -0.0966. The molecule has 36 heavy (non-hydrogen) atoms. The van der Waals surface area contributed by atoms with Crippen molar-refractivity contribution in [1.29, 1.82) is 0 Å². The molecule has 3 amide bonds. The first kappa shape index (κ1) is 22.4. The van der Waals surface area contributed by atoms with E-state index in [-0.39, 0.29) is 36.4 Å². The van der Waals surface area contributed by atoms with Gasteiger partial charge < -0.3 is 33.7 Å². The Labute approximate surface area is 206 Å². The van der Waals surface area contributed by atoms with Gasteiger partial charge in [-0.3, -0.25) is 14.4 Å². The molecule has 0 aliphatic carbocycles. The van der Waals surface area contributed by atoms with Crippen LogP contribution in [0.5, 0.6) is 11.5 Å². The lowest BCUT2D eigenvalue weighted by atomic mass is 10.1. The van der Waals surface area contributed by atoms with E-state index in [2.05, 4.69) is 5.32 Å². The molecule has 0 saturated carbocycles. The number of nitrogens with one attached hydrogen (secondary N) is 1. The van der Waals surface area contributed by atoms with Gasteiger partial charge in [0.05, 0.1) is 19.1 Å². The molecule has 10 heteroatoms. The molecule has 1 unspecified atom stereocenters. The Morgan fingerprint density at radius 2 is 1.72 bits per heavy atom. The third kappa shape index (κ3) is 4.03. The van der Waals surface area contributed by atoms with Crippen molar-refractivity contribution >= 4 is 40.1 Å². The summed E-state index contributed by atoms with van der Waals surface area (Å²) in [6.45, 7) is 2.94. The number of para-hydroxylation sites is 1. The number of amides is 3. The Hall–Kier alpha value is -4.05. The quantitative estimate of drug-likeness (QED) is 0.597. The molecule has 3 aliphatic heterocycles. The summed E-state index contributed by atoms with van der Waals surface area (Å²) in [4.78, 5) is 42.7. The van der Waals surface area contributed by atoms with Crippen LogP contribution in [0.3, 0.4) is 0 Å². The zero-order valence-corrected chi connectivity index (χ0v) is 19.5. The predicted molar refractivity (Wildman–Crippen MR) is 129 cm³/mol. The third-order valence-corrected chi connectivity index (χ3v) is 6.67. The summed E-state index contributed by atoms with van der Waals surface area (Å²) in [5, 5.41) is 3.54. The summed E-state index contributed by atoms with van der Waals surface area (Å²) >= 11 is 0. The first-order valence-corrected chi connectivity index (χ1v) is 12.0. The van der Waals surface area contributed by atoms with E-state index in [4.69, 9.17) is 18.6 Å². The van der Waals surface area contributed by atoms with Crippen LogP contribution in [0, 0.1) is 5.92 Å². The van der Waals surface area contributed by atoms with Crippen molar-refractivity contribution in [2.75, 3.05) is 56.3 Å². The molecule has 2 fully saturated rings. The SMILES string of the molecule is O=C(Nc1c(C(=O)N2CCOCC2)oc2ccccc12)C1CC(=O)N(c2ccc3c(c2)OCCO3)C1. The lowest BCUT2D eigenvalue weighted by Gasteiger charge is -2.26. The summed E-state index contributed by atoms with van der Waals surface area (Å²) in [6, 6.07) is 12.5. The van der Waals surface area contributed by atoms with Crippen LogP contribution in [0.1, 0.15) is 17.0 Å². The highest BCUT2D eigenvalue weighted by atomic mass is 16.6. The molecule has 1 aromatic heterocycles. The second-order valence-electron chi connectivity index (χ2n) is 8.93. The summed E-state index contributed by atoms with van der Waals surface area (Å²) in [6.07, 6.45) is 0.0583. The van der Waals surface area contributed by atoms with E-state index in [1.807, 2.05) is 6.07 Å². The van der Waals surface area contributed by atoms with Gasteiger partial charge in [-0.25, -0.2) is 0 Å². The maximum atomic E-state index is 13.3. The number of morpholine rings is 1. The molecular formula is C26H25N3O7. The Bertz CT molecular complexity index is 1340. The molecule has 2 aromatic carbocycles. The van der Waals surface area contributed by atoms with E-state index in [0.29, 0.717) is 73.4 Å². The van der Waals surface area contributed by atoms with Gasteiger partial charge in [0.2, 0.25) is 17.6 Å². The monoisotopic (exact) mass is 491 g/mol. The minimum atomic E-state index is -0.592. The van der Waals surface area contributed by atoms with Gasteiger partial charge in [-0.05, 0) is 24.3 Å². The molecule has 3 aromatic rings. The van der Waals surface area contributed by atoms with E-state index in [1.54, 1.807) is 46.2 Å². The number of furan rings is 1. The largest absolute Gasteiger partial charge is 0.486 e. The van der Waals surface area contributed by atoms with Crippen molar-refractivity contribution in [1.82, 2.24) is 4.90 Å². The fourth-order valence-electron chi connectivity index (χ4n) is 4.79. The highest BCUT2D eigenvalue weighted by Gasteiger charge is 2.37. The zero-order valence-electron chi connectivity index (χ0n) is 19.5. The molecule has 4 heterocycles. The minimum absolute atomic E-state index is 0.0583. The van der Waals surface area contributed by atoms with Gasteiger partial charge in [-0.2, -0.15) is 0 Å². The number of carbonyl (C=O) groups is 3. The minimum Gasteiger partial charge on any atom is -0.486 e. The van der Waals surface area contributed by atoms with E-state index < -0.39 is 5.92 Å². The number of benzene rings is 2. The zero-order chi connectivity index (χ0) is 24.6. The van der Waals surface area contributed by atoms with Crippen molar-refractivity contribution in [3.8, 4) is 11.5 Å². The van der Waals surface area contributed by atoms with Crippen LogP contribution in [0.2, 0.25) is 0 Å². The predicted octanol–water partition coefficient (Wildman–Crippen LogP) is 2.67. The number of hydrogen-bond donors (Lipinski definition) is 1. The van der Waals surface area contributed by atoms with Crippen molar-refractivity contribution in [2.45, 2.75) is 6.42 Å². The highest BCUT2D eigenvalue weighted by molar-refractivity contribution is 6.12. The second kappa shape index (κ2) is 9.19. The number of anilines is 2. The van der Waals surface area contributed by atoms with Crippen LogP contribution in [0.15, 0.2) is 46.9 Å². The Morgan fingerprint density at radius 1 is 0.944 bits per heavy atom. The number of nitrogens with zero attached hydrogens (tertiary/aromatic N) is 2. The number of ether oxygens (including phenoxy) is 3. The second-order valence-corrected chi connectivity index (χ2v) is 8.93. The number of carbonyl (C=O) groups excluding carboxylic acids is 3. The van der Waals surface area contributed by atoms with Gasteiger partial charge >= 0.3 is 0 Å². The van der Waals surface area contributed by atoms with Gasteiger partial charge in [0, 0.05) is 43.2 Å². The summed E-state index contributed by atoms with van der Waals surface area (Å²) < 4.78 is 22.4. The maximum Gasteiger partial charge on any atom is 0.291 e. The van der Waals surface area contributed by atoms with E-state index in [9.17, 15) is 14.4 Å². The first-order chi connectivity index (χ1) is 17.6. The Morgan fingerprint density at radius 3 is 2.56 bits per heavy atom. The average Bonchev–Trinajstić information content (AvgIpc) is 3.49. The summed E-state index contributed by atoms with van der Waals surface area (Å²) in [7, 11) is 0. The lowest BCUT2D eigenvalue weighted by molar-refractivity contribution is -0.122. The van der Waals surface area contributed by atoms with Gasteiger partial charge in [0.25, 0.3) is 5.91 Å². The van der Waals surface area contributed by atoms with Crippen LogP contribution < -0.4 is 19.7 Å². The van der Waals surface area contributed by atoms with Gasteiger partial charge in [-0.1, -0.05) is 12.1 Å². The van der Waals surface area contributed by atoms with Gasteiger partial charge in [-0.15, -0.1) is 0 Å². The van der Waals surface area contributed by atoms with E-state index >= 15 is 0 Å². The van der Waals surface area contributed by atoms with Crippen LogP contribution in [0.25, 0.3) is 11.0 Å². The standard InChI is InChI=1S/C26H25N3O7/c30-22-13-16(15-29(22)17-5-6-20-21(14-17)35-12-11-34-20)25(31)27-23-18-3-1-2-4-19(18)36-24(23)26(32)28-7-9-33-10-8-28/h1-6,14,16H,7-13,15H2,(H,27,31). The molecule has 6 rings (SSSR count). The lowest BCUT2D eigenvalue weighted by Crippen LogP contribution is -2.40. The normalized spacial score (nSPS) is 19.6. The van der Waals surface area contributed by atoms with E-state index in [1.165, 1.54) is 0 Å². The average molecular weight is 492 g/mol. The fraction of sp³-hybridized carbons (Fsp3) is 0.346. The number of fused-ring (bicyclic) bond motifs is 2. The number of hydrogen-bond acceptors (Lipinski definition) is 7. The molecule has 186 valence electrons. The molecule has 3 aliphatic rings. The molecular weight excluding hydrogens is 466 g/mol. The van der Waals surface area contributed by atoms with Crippen molar-refractivity contribution in [3.63, 3.8) is 0 Å². The molecule has 2 saturated heterocycles. The fourth-order valence-corrected chi connectivity index (χ4v) is 4.79. The van der Waals surface area contributed by atoms with Crippen molar-refractivity contribution in [3.05, 3.63) is 48.2 Å². The molecule has 1 atom stereocenters. The highest BCUT2D eigenvalue weighted by Crippen LogP contribution is 2.37. The topological polar surface area (TPSA) is 111 Å². The van der Waals surface area contributed by atoms with Crippen LogP contribution in [-0.2, 0) is 14.3 Å². The van der Waals surface area contributed by atoms with Crippen LogP contribution >= 0.6 is 0 Å². The van der Waals surface area contributed by atoms with Crippen molar-refractivity contribution < 1.29 is 33.0 Å². The molecule has 0 spiro atoms. The Kier molecular flexibility index (Phi) is 5.73. The van der Waals surface area contributed by atoms with Crippen LogP contribution in [-0.4, -0.2) is 68.7 Å². The molecule has 10 nitrogen and oxygen atoms in total. The maximum absolute atomic E-state index is 13.3. The summed E-state index contributed by atoms with van der Waals surface area (Å²) in [5.41, 5.74) is 1.48. The third-order valence-electron chi connectivity index (χ3n) is 6.67. The number of rotatable bonds is 4. The molecule has 0 bridgehead atoms.